The zero-order valence-corrected chi connectivity index (χ0v) is 20.7. The topological polar surface area (TPSA) is 88.1 Å². The third-order valence-corrected chi connectivity index (χ3v) is 6.21. The maximum Gasteiger partial charge on any atom is 0.338 e. The lowest BCUT2D eigenvalue weighted by Crippen LogP contribution is -2.38. The van der Waals surface area contributed by atoms with Crippen LogP contribution in [0.1, 0.15) is 57.3 Å². The molecule has 1 aliphatic carbocycles. The molecule has 4 rings (SSSR count). The van der Waals surface area contributed by atoms with E-state index in [0.717, 1.165) is 0 Å². The molecule has 7 nitrogen and oxygen atoms in total. The molecule has 0 aromatic heterocycles. The lowest BCUT2D eigenvalue weighted by molar-refractivity contribution is -0.0735. The van der Waals surface area contributed by atoms with E-state index < -0.39 is 42.3 Å². The molecule has 3 aromatic carbocycles. The normalized spacial score (nSPS) is 21.3. The van der Waals surface area contributed by atoms with Gasteiger partial charge in [0.1, 0.15) is 18.3 Å². The van der Waals surface area contributed by atoms with Crippen LogP contribution in [0, 0.1) is 0 Å². The van der Waals surface area contributed by atoms with E-state index in [0.29, 0.717) is 36.1 Å². The Kier molecular flexibility index (Phi) is 9.05. The van der Waals surface area contributed by atoms with Crippen LogP contribution in [-0.4, -0.2) is 48.9 Å². The van der Waals surface area contributed by atoms with Crippen molar-refractivity contribution in [2.75, 3.05) is 6.61 Å². The van der Waals surface area contributed by atoms with Crippen molar-refractivity contribution in [3.8, 4) is 0 Å². The summed E-state index contributed by atoms with van der Waals surface area (Å²) in [5.41, 5.74) is 1.22. The van der Waals surface area contributed by atoms with Crippen molar-refractivity contribution in [2.24, 2.45) is 0 Å². The van der Waals surface area contributed by atoms with Gasteiger partial charge in [-0.3, -0.25) is 0 Å². The molecule has 192 valence electrons. The van der Waals surface area contributed by atoms with Crippen LogP contribution in [0.25, 0.3) is 0 Å². The zero-order chi connectivity index (χ0) is 26.0. The summed E-state index contributed by atoms with van der Waals surface area (Å²) < 4.78 is 23.6. The summed E-state index contributed by atoms with van der Waals surface area (Å²) in [5.74, 6) is -1.51. The Morgan fingerprint density at radius 2 is 0.919 bits per heavy atom. The Hall–Kier alpha value is -3.97. The van der Waals surface area contributed by atoms with Gasteiger partial charge in [0, 0.05) is 13.0 Å². The second-order valence-corrected chi connectivity index (χ2v) is 8.74. The van der Waals surface area contributed by atoms with Gasteiger partial charge in [0.25, 0.3) is 0 Å². The Bertz CT molecular complexity index is 1160. The molecule has 1 fully saturated rings. The number of hydrogen-bond donors (Lipinski definition) is 0. The summed E-state index contributed by atoms with van der Waals surface area (Å²) in [4.78, 5) is 38.7. The molecular weight excluding hydrogens is 472 g/mol. The molecule has 0 N–H and O–H groups in total. The second kappa shape index (κ2) is 12.8. The van der Waals surface area contributed by atoms with E-state index in [1.54, 1.807) is 72.8 Å². The van der Waals surface area contributed by atoms with Crippen molar-refractivity contribution in [3.05, 3.63) is 108 Å². The first kappa shape index (κ1) is 26.1. The van der Waals surface area contributed by atoms with E-state index in [1.807, 2.05) is 25.1 Å². The van der Waals surface area contributed by atoms with Gasteiger partial charge in [-0.1, -0.05) is 54.6 Å². The maximum atomic E-state index is 12.9. The summed E-state index contributed by atoms with van der Waals surface area (Å²) >= 11 is 0. The van der Waals surface area contributed by atoms with Crippen molar-refractivity contribution >= 4 is 17.9 Å². The third-order valence-electron chi connectivity index (χ3n) is 6.21. The first-order valence-electron chi connectivity index (χ1n) is 12.4. The number of ether oxygens (including phenoxy) is 4. The van der Waals surface area contributed by atoms with Crippen LogP contribution in [0.4, 0.5) is 0 Å². The SMILES string of the molecule is CCO[C@@H]1C[C@@H](OC(=O)c2ccccc2)[C@@H](OC(=O)c2ccccc2)CC[C@H]1OC(=O)c1ccccc1. The largest absolute Gasteiger partial charge is 0.456 e. The molecular formula is C30H30O7. The molecule has 1 aliphatic rings. The quantitative estimate of drug-likeness (QED) is 0.236. The van der Waals surface area contributed by atoms with Gasteiger partial charge in [0.2, 0.25) is 0 Å². The molecule has 0 unspecified atom stereocenters. The summed E-state index contributed by atoms with van der Waals surface area (Å²) in [6.07, 6.45) is -1.80. The Morgan fingerprint density at radius 1 is 0.568 bits per heavy atom. The summed E-state index contributed by atoms with van der Waals surface area (Å²) in [6.45, 7) is 2.22. The number of rotatable bonds is 8. The fourth-order valence-electron chi connectivity index (χ4n) is 4.36. The van der Waals surface area contributed by atoms with E-state index >= 15 is 0 Å². The zero-order valence-electron chi connectivity index (χ0n) is 20.7. The van der Waals surface area contributed by atoms with Gasteiger partial charge in [0.05, 0.1) is 22.8 Å². The van der Waals surface area contributed by atoms with Gasteiger partial charge in [0.15, 0.2) is 0 Å². The fourth-order valence-corrected chi connectivity index (χ4v) is 4.36. The molecule has 1 saturated carbocycles. The van der Waals surface area contributed by atoms with E-state index in [9.17, 15) is 14.4 Å². The minimum absolute atomic E-state index is 0.200. The van der Waals surface area contributed by atoms with Gasteiger partial charge < -0.3 is 18.9 Å². The number of carbonyl (C=O) groups excluding carboxylic acids is 3. The average Bonchev–Trinajstić information content (AvgIpc) is 3.09. The van der Waals surface area contributed by atoms with Crippen molar-refractivity contribution in [1.82, 2.24) is 0 Å². The van der Waals surface area contributed by atoms with Crippen LogP contribution in [0.15, 0.2) is 91.0 Å². The second-order valence-electron chi connectivity index (χ2n) is 8.74. The van der Waals surface area contributed by atoms with Crippen LogP contribution in [0.3, 0.4) is 0 Å². The molecule has 4 atom stereocenters. The Labute approximate surface area is 216 Å². The van der Waals surface area contributed by atoms with Crippen molar-refractivity contribution in [3.63, 3.8) is 0 Å². The van der Waals surface area contributed by atoms with Crippen molar-refractivity contribution in [1.29, 1.82) is 0 Å². The van der Waals surface area contributed by atoms with E-state index in [4.69, 9.17) is 18.9 Å². The van der Waals surface area contributed by atoms with E-state index in [-0.39, 0.29) is 6.42 Å². The lowest BCUT2D eigenvalue weighted by atomic mass is 10.1. The minimum Gasteiger partial charge on any atom is -0.456 e. The predicted octanol–water partition coefficient (Wildman–Crippen LogP) is 5.25. The predicted molar refractivity (Wildman–Crippen MR) is 136 cm³/mol. The van der Waals surface area contributed by atoms with Crippen LogP contribution in [-0.2, 0) is 18.9 Å². The van der Waals surface area contributed by atoms with Crippen LogP contribution >= 0.6 is 0 Å². The van der Waals surface area contributed by atoms with Crippen LogP contribution in [0.5, 0.6) is 0 Å². The standard InChI is InChI=1S/C30H30O7/c1-2-34-26-20-27(37-30(33)23-16-10-5-11-17-23)25(36-29(32)22-14-8-4-9-15-22)19-18-24(26)35-28(31)21-12-6-3-7-13-21/h3-17,24-27H,2,18-20H2,1H3/t24-,25+,26-,27-/m1/s1. The highest BCUT2D eigenvalue weighted by Crippen LogP contribution is 2.29. The minimum atomic E-state index is -0.794. The number of esters is 3. The molecule has 0 saturated heterocycles. The molecule has 0 radical (unpaired) electrons. The fraction of sp³-hybridized carbons (Fsp3) is 0.300. The molecule has 7 heteroatoms. The van der Waals surface area contributed by atoms with E-state index in [1.165, 1.54) is 0 Å². The molecule has 0 amide bonds. The molecule has 0 aliphatic heterocycles. The maximum absolute atomic E-state index is 12.9. The molecule has 37 heavy (non-hydrogen) atoms. The van der Waals surface area contributed by atoms with Gasteiger partial charge in [-0.05, 0) is 56.2 Å². The van der Waals surface area contributed by atoms with Gasteiger partial charge >= 0.3 is 17.9 Å². The summed E-state index contributed by atoms with van der Waals surface area (Å²) in [7, 11) is 0. The number of hydrogen-bond acceptors (Lipinski definition) is 7. The first-order valence-corrected chi connectivity index (χ1v) is 12.4. The number of carbonyl (C=O) groups is 3. The molecule has 3 aromatic rings. The van der Waals surface area contributed by atoms with Gasteiger partial charge in [-0.2, -0.15) is 0 Å². The lowest BCUT2D eigenvalue weighted by Gasteiger charge is -2.28. The Balaban J connectivity index is 1.56. The van der Waals surface area contributed by atoms with Crippen molar-refractivity contribution in [2.45, 2.75) is 50.6 Å². The first-order chi connectivity index (χ1) is 18.0. The highest BCUT2D eigenvalue weighted by Gasteiger charge is 2.40. The molecule has 0 spiro atoms. The van der Waals surface area contributed by atoms with Gasteiger partial charge in [-0.25, -0.2) is 14.4 Å². The third kappa shape index (κ3) is 7.05. The highest BCUT2D eigenvalue weighted by molar-refractivity contribution is 5.90. The van der Waals surface area contributed by atoms with Crippen molar-refractivity contribution < 1.29 is 33.3 Å². The molecule has 0 bridgehead atoms. The van der Waals surface area contributed by atoms with Crippen LogP contribution in [0.2, 0.25) is 0 Å². The highest BCUT2D eigenvalue weighted by atomic mass is 16.6. The Morgan fingerprint density at radius 3 is 1.30 bits per heavy atom. The smallest absolute Gasteiger partial charge is 0.338 e. The summed E-state index contributed by atoms with van der Waals surface area (Å²) in [6, 6.07) is 26.0. The summed E-state index contributed by atoms with van der Waals surface area (Å²) in [5, 5.41) is 0. The van der Waals surface area contributed by atoms with E-state index in [2.05, 4.69) is 0 Å². The molecule has 0 heterocycles. The number of benzene rings is 3. The van der Waals surface area contributed by atoms with Crippen LogP contribution < -0.4 is 0 Å². The average molecular weight is 503 g/mol. The monoisotopic (exact) mass is 502 g/mol. The van der Waals surface area contributed by atoms with Gasteiger partial charge in [-0.15, -0.1) is 0 Å².